The van der Waals surface area contributed by atoms with Crippen LogP contribution in [0.25, 0.3) is 0 Å². The minimum atomic E-state index is -1.85. The largest absolute Gasteiger partial charge is 0.491 e. The fraction of sp³-hybridized carbons (Fsp3) is 1.00. The zero-order valence-corrected chi connectivity index (χ0v) is 7.60. The first-order chi connectivity index (χ1) is 3.72. The molecule has 2 unspecified atom stereocenters. The van der Waals surface area contributed by atoms with Gasteiger partial charge in [-0.15, -0.1) is 5.79 Å². The van der Waals surface area contributed by atoms with Gasteiger partial charge in [0.2, 0.25) is 0 Å². The van der Waals surface area contributed by atoms with E-state index in [0.717, 1.165) is 6.42 Å². The van der Waals surface area contributed by atoms with Gasteiger partial charge in [-0.05, 0) is 11.0 Å². The molecule has 0 aliphatic rings. The Bertz CT molecular complexity index is 82.1. The van der Waals surface area contributed by atoms with E-state index in [4.69, 9.17) is 4.89 Å². The van der Waals surface area contributed by atoms with Crippen molar-refractivity contribution in [2.45, 2.75) is 23.7 Å². The highest BCUT2D eigenvalue weighted by atomic mass is 31.1. The summed E-state index contributed by atoms with van der Waals surface area (Å²) in [6.45, 7) is 1.96. The molecule has 2 atom stereocenters. The van der Waals surface area contributed by atoms with Gasteiger partial charge in [0.05, 0.1) is 0 Å². The molecule has 0 bridgehead atoms. The third-order valence-corrected chi connectivity index (χ3v) is 5.80. The molecule has 0 radical (unpaired) electrons. The normalized spacial score (nSPS) is 15.1. The average molecular weight is 149 g/mol. The summed E-state index contributed by atoms with van der Waals surface area (Å²) >= 11 is -0.253. The Morgan fingerprint density at radius 2 is 2.38 bits per heavy atom. The van der Waals surface area contributed by atoms with Crippen molar-refractivity contribution in [2.24, 2.45) is 0 Å². The third-order valence-electron chi connectivity index (χ3n) is 1.25. The molecule has 0 aliphatic heterocycles. The van der Waals surface area contributed by atoms with E-state index in [1.165, 1.54) is 0 Å². The molecule has 8 heavy (non-hydrogen) atoms. The second-order valence-corrected chi connectivity index (χ2v) is 5.60. The molecule has 0 heterocycles. The predicted molar refractivity (Wildman–Crippen MR) is 36.9 cm³/mol. The van der Waals surface area contributed by atoms with E-state index in [2.05, 4.69) is 5.79 Å². The molecule has 0 aromatic heterocycles. The zero-order chi connectivity index (χ0) is 6.57. The van der Waals surface area contributed by atoms with Crippen LogP contribution >= 0.6 is 8.03 Å². The van der Waals surface area contributed by atoms with Crippen molar-refractivity contribution < 1.29 is 9.46 Å². The third kappa shape index (κ3) is 2.79. The first-order valence-corrected chi connectivity index (χ1v) is 6.38. The lowest BCUT2D eigenvalue weighted by molar-refractivity contribution is 0.498. The molecule has 4 heteroatoms. The van der Waals surface area contributed by atoms with E-state index >= 15 is 0 Å². The molecule has 0 rings (SSSR count). The Morgan fingerprint density at radius 3 is 2.38 bits per heavy atom. The van der Waals surface area contributed by atoms with Gasteiger partial charge in [0.15, 0.2) is 0 Å². The maximum Gasteiger partial charge on any atom is 0.491 e. The molecule has 0 aliphatic carbocycles. The van der Waals surface area contributed by atoms with Crippen LogP contribution in [0.3, 0.4) is 0 Å². The summed E-state index contributed by atoms with van der Waals surface area (Å²) in [5.41, 5.74) is 0. The van der Waals surface area contributed by atoms with Crippen molar-refractivity contribution in [3.8, 4) is 0 Å². The molecule has 0 saturated heterocycles. The lowest BCUT2D eigenvalue weighted by Crippen LogP contribution is -2.06. The smallest absolute Gasteiger partial charge is 0.162 e. The molecular weight excluding hydrogens is 138 g/mol. The van der Waals surface area contributed by atoms with E-state index in [1.54, 1.807) is 0 Å². The van der Waals surface area contributed by atoms with E-state index < -0.39 is 8.03 Å². The first kappa shape index (κ1) is 8.59. The lowest BCUT2D eigenvalue weighted by Gasteiger charge is -1.89. The Kier molecular flexibility index (Phi) is 4.80. The van der Waals surface area contributed by atoms with Gasteiger partial charge in [-0.1, -0.05) is 6.92 Å². The number of hydrogen-bond acceptors (Lipinski definition) is 1. The molecule has 0 fully saturated rings. The molecule has 0 aromatic carbocycles. The standard InChI is InChI=1S/C3H7O2P.CH3.Al.H/c1-2-3-6(4)5;;;/h3H,2H2,1H3,(H,4,5);1H3;;/q+1;;;. The van der Waals surface area contributed by atoms with Crippen molar-refractivity contribution in [3.63, 3.8) is 0 Å². The number of rotatable bonds is 3. The van der Waals surface area contributed by atoms with Crippen molar-refractivity contribution in [1.29, 1.82) is 0 Å². The van der Waals surface area contributed by atoms with Gasteiger partial charge < -0.3 is 0 Å². The van der Waals surface area contributed by atoms with Crippen molar-refractivity contribution in [3.05, 3.63) is 0 Å². The topological polar surface area (TPSA) is 37.3 Å². The monoisotopic (exact) mass is 149 g/mol. The Balaban J connectivity index is 3.52. The highest BCUT2D eigenvalue weighted by molar-refractivity contribution is 7.41. The molecule has 0 amide bonds. The summed E-state index contributed by atoms with van der Waals surface area (Å²) < 4.78 is 10.5. The maximum absolute atomic E-state index is 10.3. The molecule has 1 N–H and O–H groups in total. The van der Waals surface area contributed by atoms with Crippen molar-refractivity contribution >= 4 is 23.2 Å². The van der Waals surface area contributed by atoms with Crippen LogP contribution in [0.4, 0.5) is 0 Å². The second kappa shape index (κ2) is 4.47. The van der Waals surface area contributed by atoms with Crippen LogP contribution in [0, 0.1) is 0 Å². The van der Waals surface area contributed by atoms with Gasteiger partial charge in [-0.25, -0.2) is 0 Å². The van der Waals surface area contributed by atoms with Crippen LogP contribution < -0.4 is 0 Å². The molecule has 0 saturated carbocycles. The average Bonchev–Trinajstić information content (AvgIpc) is 1.69. The Labute approximate surface area is 56.9 Å². The van der Waals surface area contributed by atoms with Gasteiger partial charge in [-0.3, -0.25) is 0 Å². The minimum Gasteiger partial charge on any atom is -0.162 e. The summed E-state index contributed by atoms with van der Waals surface area (Å²) in [4.78, 5) is 8.56. The van der Waals surface area contributed by atoms with E-state index in [1.807, 2.05) is 6.92 Å². The molecule has 2 nitrogen and oxygen atoms in total. The van der Waals surface area contributed by atoms with Crippen LogP contribution in [-0.2, 0) is 4.57 Å². The van der Waals surface area contributed by atoms with Gasteiger partial charge >= 0.3 is 23.2 Å². The zero-order valence-electron chi connectivity index (χ0n) is 5.29. The predicted octanol–water partition coefficient (Wildman–Crippen LogP) is 0.942. The Morgan fingerprint density at radius 1 is 1.88 bits per heavy atom. The molecular formula is C4H11AlO2P+. The summed E-state index contributed by atoms with van der Waals surface area (Å²) in [7, 11) is -1.85. The van der Waals surface area contributed by atoms with E-state index in [9.17, 15) is 4.57 Å². The fourth-order valence-corrected chi connectivity index (χ4v) is 2.74. The van der Waals surface area contributed by atoms with Crippen molar-refractivity contribution in [2.75, 3.05) is 0 Å². The molecule has 0 spiro atoms. The maximum atomic E-state index is 10.3. The highest BCUT2D eigenvalue weighted by Gasteiger charge is 2.24. The minimum absolute atomic E-state index is 0.157. The van der Waals surface area contributed by atoms with Gasteiger partial charge in [-0.2, -0.15) is 4.89 Å². The van der Waals surface area contributed by atoms with E-state index in [-0.39, 0.29) is 19.7 Å². The van der Waals surface area contributed by atoms with Gasteiger partial charge in [0.1, 0.15) is 4.52 Å². The number of hydrogen-bond donors (Lipinski definition) is 1. The molecule has 46 valence electrons. The van der Waals surface area contributed by atoms with Crippen LogP contribution in [0.15, 0.2) is 0 Å². The quantitative estimate of drug-likeness (QED) is 0.479. The summed E-state index contributed by atoms with van der Waals surface area (Å²) in [5, 5.41) is 0. The van der Waals surface area contributed by atoms with Crippen LogP contribution in [0.5, 0.6) is 0 Å². The summed E-state index contributed by atoms with van der Waals surface area (Å²) in [6.07, 6.45) is 0.869. The summed E-state index contributed by atoms with van der Waals surface area (Å²) in [5.74, 6) is 2.07. The van der Waals surface area contributed by atoms with Gasteiger partial charge in [0, 0.05) is 0 Å². The van der Waals surface area contributed by atoms with Crippen LogP contribution in [0.2, 0.25) is 5.79 Å². The van der Waals surface area contributed by atoms with Crippen molar-refractivity contribution in [1.82, 2.24) is 0 Å². The van der Waals surface area contributed by atoms with Crippen LogP contribution in [0.1, 0.15) is 13.3 Å². The Hall–Kier alpha value is 0.592. The molecule has 0 aromatic rings. The first-order valence-electron chi connectivity index (χ1n) is 2.87. The summed E-state index contributed by atoms with van der Waals surface area (Å²) in [6, 6.07) is 0. The van der Waals surface area contributed by atoms with E-state index in [0.29, 0.717) is 0 Å². The van der Waals surface area contributed by atoms with Gasteiger partial charge in [0.25, 0.3) is 0 Å². The fourth-order valence-electron chi connectivity index (χ4n) is 0.601. The second-order valence-electron chi connectivity index (χ2n) is 1.77. The van der Waals surface area contributed by atoms with Crippen LogP contribution in [-0.4, -0.2) is 24.6 Å². The lowest BCUT2D eigenvalue weighted by atomic mass is 10.6. The SMILES string of the molecule is CC[CH]([AlH][CH3])[P+](=O)O. The highest BCUT2D eigenvalue weighted by Crippen LogP contribution is 2.23.